The fourth-order valence-electron chi connectivity index (χ4n) is 1.02. The fourth-order valence-corrected chi connectivity index (χ4v) is 1.41. The molecule has 1 heterocycles. The van der Waals surface area contributed by atoms with Crippen LogP contribution in [-0.2, 0) is 10.0 Å². The van der Waals surface area contributed by atoms with Gasteiger partial charge in [0.1, 0.15) is 5.82 Å². The van der Waals surface area contributed by atoms with Crippen molar-refractivity contribution >= 4 is 21.8 Å². The van der Waals surface area contributed by atoms with Crippen molar-refractivity contribution in [2.24, 2.45) is 5.14 Å². The average molecular weight is 245 g/mol. The number of nitrogens with two attached hydrogens (primary N) is 1. The molecule has 0 fully saturated rings. The lowest BCUT2D eigenvalue weighted by atomic mass is 10.5. The second kappa shape index (κ2) is 5.61. The Hall–Kier alpha value is -1.41. The van der Waals surface area contributed by atoms with Crippen molar-refractivity contribution in [2.45, 2.75) is 6.92 Å². The zero-order valence-electron chi connectivity index (χ0n) is 8.97. The van der Waals surface area contributed by atoms with Gasteiger partial charge in [-0.3, -0.25) is 0 Å². The fraction of sp³-hybridized carbons (Fsp3) is 0.500. The third-order valence-corrected chi connectivity index (χ3v) is 2.46. The summed E-state index contributed by atoms with van der Waals surface area (Å²) < 4.78 is 21.4. The monoisotopic (exact) mass is 245 g/mol. The molecule has 0 aliphatic carbocycles. The standard InChI is InChI=1S/C8H15N5O2S/c1-2-10-8-12-4-3-7(13-8)11-5-6-16(9,14)15/h3-4H,2,5-6H2,1H3,(H2,9,14,15)(H2,10,11,12,13). The van der Waals surface area contributed by atoms with Gasteiger partial charge in [0.25, 0.3) is 0 Å². The molecule has 1 aromatic heterocycles. The summed E-state index contributed by atoms with van der Waals surface area (Å²) in [6.07, 6.45) is 1.59. The summed E-state index contributed by atoms with van der Waals surface area (Å²) in [7, 11) is -3.44. The number of nitrogens with zero attached hydrogens (tertiary/aromatic N) is 2. The van der Waals surface area contributed by atoms with Gasteiger partial charge in [0.2, 0.25) is 16.0 Å². The summed E-state index contributed by atoms with van der Waals surface area (Å²) in [5.41, 5.74) is 0. The van der Waals surface area contributed by atoms with Crippen molar-refractivity contribution in [3.63, 3.8) is 0 Å². The van der Waals surface area contributed by atoms with Crippen LogP contribution in [0.25, 0.3) is 0 Å². The van der Waals surface area contributed by atoms with E-state index in [1.165, 1.54) is 0 Å². The molecule has 0 radical (unpaired) electrons. The van der Waals surface area contributed by atoms with Crippen LogP contribution in [0.1, 0.15) is 6.92 Å². The van der Waals surface area contributed by atoms with Gasteiger partial charge >= 0.3 is 0 Å². The Kier molecular flexibility index (Phi) is 4.44. The molecule has 16 heavy (non-hydrogen) atoms. The van der Waals surface area contributed by atoms with Crippen LogP contribution in [-0.4, -0.2) is 37.2 Å². The molecule has 0 amide bonds. The van der Waals surface area contributed by atoms with Crippen LogP contribution in [0, 0.1) is 0 Å². The summed E-state index contributed by atoms with van der Waals surface area (Å²) in [5, 5.41) is 10.7. The third-order valence-electron chi connectivity index (χ3n) is 1.68. The Labute approximate surface area is 94.5 Å². The SMILES string of the molecule is CCNc1nccc(NCCS(N)(=O)=O)n1. The minimum Gasteiger partial charge on any atom is -0.369 e. The van der Waals surface area contributed by atoms with Gasteiger partial charge in [-0.15, -0.1) is 0 Å². The molecule has 7 nitrogen and oxygen atoms in total. The summed E-state index contributed by atoms with van der Waals surface area (Å²) in [4.78, 5) is 8.09. The van der Waals surface area contributed by atoms with Crippen molar-refractivity contribution < 1.29 is 8.42 Å². The maximum Gasteiger partial charge on any atom is 0.224 e. The molecule has 0 aliphatic rings. The highest BCUT2D eigenvalue weighted by atomic mass is 32.2. The van der Waals surface area contributed by atoms with Crippen molar-refractivity contribution in [1.82, 2.24) is 9.97 Å². The van der Waals surface area contributed by atoms with Gasteiger partial charge in [0.15, 0.2) is 0 Å². The van der Waals surface area contributed by atoms with E-state index in [4.69, 9.17) is 5.14 Å². The Bertz CT molecular complexity index is 434. The molecule has 0 saturated carbocycles. The Morgan fingerprint density at radius 1 is 1.44 bits per heavy atom. The summed E-state index contributed by atoms with van der Waals surface area (Å²) >= 11 is 0. The van der Waals surface area contributed by atoms with Crippen LogP contribution < -0.4 is 15.8 Å². The van der Waals surface area contributed by atoms with Crippen LogP contribution in [0.3, 0.4) is 0 Å². The van der Waals surface area contributed by atoms with E-state index >= 15 is 0 Å². The summed E-state index contributed by atoms with van der Waals surface area (Å²) in [5.74, 6) is 0.936. The van der Waals surface area contributed by atoms with E-state index in [1.807, 2.05) is 6.92 Å². The third kappa shape index (κ3) is 4.89. The second-order valence-electron chi connectivity index (χ2n) is 3.09. The normalized spacial score (nSPS) is 11.1. The number of sulfonamides is 1. The molecule has 0 aromatic carbocycles. The highest BCUT2D eigenvalue weighted by Gasteiger charge is 2.02. The van der Waals surface area contributed by atoms with Gasteiger partial charge in [-0.2, -0.15) is 4.98 Å². The topological polar surface area (TPSA) is 110 Å². The number of aromatic nitrogens is 2. The molecule has 8 heteroatoms. The van der Waals surface area contributed by atoms with E-state index in [1.54, 1.807) is 12.3 Å². The van der Waals surface area contributed by atoms with Gasteiger partial charge in [-0.05, 0) is 13.0 Å². The molecule has 1 aromatic rings. The number of primary sulfonamides is 1. The first-order chi connectivity index (χ1) is 7.51. The van der Waals surface area contributed by atoms with Crippen LogP contribution >= 0.6 is 0 Å². The lowest BCUT2D eigenvalue weighted by molar-refractivity contribution is 0.598. The minimum atomic E-state index is -3.44. The first-order valence-corrected chi connectivity index (χ1v) is 6.54. The number of nitrogens with one attached hydrogen (secondary N) is 2. The Balaban J connectivity index is 2.51. The molecule has 0 spiro atoms. The highest BCUT2D eigenvalue weighted by Crippen LogP contribution is 2.04. The molecule has 0 aliphatic heterocycles. The van der Waals surface area contributed by atoms with E-state index in [2.05, 4.69) is 20.6 Å². The van der Waals surface area contributed by atoms with E-state index in [9.17, 15) is 8.42 Å². The van der Waals surface area contributed by atoms with Gasteiger partial charge in [-0.1, -0.05) is 0 Å². The van der Waals surface area contributed by atoms with Crippen LogP contribution in [0.4, 0.5) is 11.8 Å². The van der Waals surface area contributed by atoms with E-state index < -0.39 is 10.0 Å². The van der Waals surface area contributed by atoms with Crippen molar-refractivity contribution in [2.75, 3.05) is 29.5 Å². The number of rotatable bonds is 6. The zero-order chi connectivity index (χ0) is 12.0. The number of hydrogen-bond donors (Lipinski definition) is 3. The molecule has 1 rings (SSSR count). The average Bonchev–Trinajstić information content (AvgIpc) is 2.17. The van der Waals surface area contributed by atoms with Gasteiger partial charge in [0, 0.05) is 19.3 Å². The first kappa shape index (κ1) is 12.7. The van der Waals surface area contributed by atoms with Crippen molar-refractivity contribution in [1.29, 1.82) is 0 Å². The molecular weight excluding hydrogens is 230 g/mol. The lowest BCUT2D eigenvalue weighted by Gasteiger charge is -2.06. The van der Waals surface area contributed by atoms with Gasteiger partial charge in [-0.25, -0.2) is 18.5 Å². The largest absolute Gasteiger partial charge is 0.369 e. The van der Waals surface area contributed by atoms with Gasteiger partial charge in [0.05, 0.1) is 5.75 Å². The molecule has 0 unspecified atom stereocenters. The van der Waals surface area contributed by atoms with Crippen LogP contribution in [0.2, 0.25) is 0 Å². The predicted octanol–water partition coefficient (Wildman–Crippen LogP) is -0.391. The van der Waals surface area contributed by atoms with E-state index in [0.717, 1.165) is 6.54 Å². The second-order valence-corrected chi connectivity index (χ2v) is 4.82. The lowest BCUT2D eigenvalue weighted by Crippen LogP contribution is -2.22. The highest BCUT2D eigenvalue weighted by molar-refractivity contribution is 7.89. The van der Waals surface area contributed by atoms with E-state index in [0.29, 0.717) is 11.8 Å². The predicted molar refractivity (Wildman–Crippen MR) is 62.7 cm³/mol. The Morgan fingerprint density at radius 2 is 2.19 bits per heavy atom. The quantitative estimate of drug-likeness (QED) is 0.629. The van der Waals surface area contributed by atoms with Crippen LogP contribution in [0.5, 0.6) is 0 Å². The molecule has 0 bridgehead atoms. The maximum atomic E-state index is 10.7. The smallest absolute Gasteiger partial charge is 0.224 e. The molecule has 90 valence electrons. The maximum absolute atomic E-state index is 10.7. The molecule has 0 saturated heterocycles. The molecule has 4 N–H and O–H groups in total. The van der Waals surface area contributed by atoms with Crippen LogP contribution in [0.15, 0.2) is 12.3 Å². The number of anilines is 2. The molecular formula is C8H15N5O2S. The first-order valence-electron chi connectivity index (χ1n) is 4.82. The summed E-state index contributed by atoms with van der Waals surface area (Å²) in [6, 6.07) is 1.66. The van der Waals surface area contributed by atoms with Crippen molar-refractivity contribution in [3.8, 4) is 0 Å². The Morgan fingerprint density at radius 3 is 2.81 bits per heavy atom. The van der Waals surface area contributed by atoms with E-state index in [-0.39, 0.29) is 12.3 Å². The zero-order valence-corrected chi connectivity index (χ0v) is 9.79. The summed E-state index contributed by atoms with van der Waals surface area (Å²) in [6.45, 7) is 2.88. The minimum absolute atomic E-state index is 0.131. The number of hydrogen-bond acceptors (Lipinski definition) is 6. The molecule has 0 atom stereocenters. The van der Waals surface area contributed by atoms with Crippen molar-refractivity contribution in [3.05, 3.63) is 12.3 Å². The van der Waals surface area contributed by atoms with Gasteiger partial charge < -0.3 is 10.6 Å².